The third-order valence-corrected chi connectivity index (χ3v) is 3.14. The summed E-state index contributed by atoms with van der Waals surface area (Å²) in [4.78, 5) is 0. The second-order valence-electron chi connectivity index (χ2n) is 4.81. The summed E-state index contributed by atoms with van der Waals surface area (Å²) in [5.74, 6) is -1.09. The highest BCUT2D eigenvalue weighted by atomic mass is 19.1. The van der Waals surface area contributed by atoms with Crippen molar-refractivity contribution in [2.45, 2.75) is 19.9 Å². The first-order valence-electron chi connectivity index (χ1n) is 6.21. The molecule has 0 saturated heterocycles. The number of rotatable bonds is 3. The van der Waals surface area contributed by atoms with Crippen molar-refractivity contribution in [3.8, 4) is 0 Å². The molecule has 1 atom stereocenters. The van der Waals surface area contributed by atoms with Crippen LogP contribution in [-0.2, 0) is 0 Å². The molecule has 0 spiro atoms. The second-order valence-corrected chi connectivity index (χ2v) is 4.81. The van der Waals surface area contributed by atoms with Crippen LogP contribution in [0.25, 0.3) is 0 Å². The van der Waals surface area contributed by atoms with E-state index in [2.05, 4.69) is 11.4 Å². The van der Waals surface area contributed by atoms with E-state index in [1.165, 1.54) is 12.1 Å². The summed E-state index contributed by atoms with van der Waals surface area (Å²) in [5, 5.41) is 3.09. The molecular formula is C16H17F2N. The minimum Gasteiger partial charge on any atom is -0.309 e. The molecule has 0 aliphatic rings. The van der Waals surface area contributed by atoms with Crippen LogP contribution < -0.4 is 5.32 Å². The number of nitrogens with one attached hydrogen (secondary N) is 1. The van der Waals surface area contributed by atoms with E-state index in [0.29, 0.717) is 5.56 Å². The summed E-state index contributed by atoms with van der Waals surface area (Å²) < 4.78 is 26.9. The lowest BCUT2D eigenvalue weighted by Gasteiger charge is -2.19. The third-order valence-electron chi connectivity index (χ3n) is 3.14. The van der Waals surface area contributed by atoms with Gasteiger partial charge in [0.2, 0.25) is 0 Å². The van der Waals surface area contributed by atoms with Crippen molar-refractivity contribution >= 4 is 0 Å². The standard InChI is InChI=1S/C16H17F2N/c1-10-6-11(2)8-12(7-10)16(19-3)14-5-4-13(17)9-15(14)18/h4-9,16,19H,1-3H3. The van der Waals surface area contributed by atoms with Gasteiger partial charge in [-0.25, -0.2) is 8.78 Å². The molecular weight excluding hydrogens is 244 g/mol. The molecule has 1 unspecified atom stereocenters. The van der Waals surface area contributed by atoms with E-state index in [4.69, 9.17) is 0 Å². The molecule has 0 aromatic heterocycles. The number of aryl methyl sites for hydroxylation is 2. The van der Waals surface area contributed by atoms with E-state index >= 15 is 0 Å². The van der Waals surface area contributed by atoms with Crippen LogP contribution in [0.3, 0.4) is 0 Å². The molecule has 0 amide bonds. The molecule has 0 fully saturated rings. The minimum atomic E-state index is -0.559. The molecule has 0 aliphatic heterocycles. The van der Waals surface area contributed by atoms with Crippen LogP contribution >= 0.6 is 0 Å². The Morgan fingerprint density at radius 1 is 0.947 bits per heavy atom. The molecule has 0 aliphatic carbocycles. The molecule has 19 heavy (non-hydrogen) atoms. The molecule has 0 heterocycles. The van der Waals surface area contributed by atoms with E-state index in [9.17, 15) is 8.78 Å². The molecule has 2 rings (SSSR count). The first kappa shape index (κ1) is 13.7. The van der Waals surface area contributed by atoms with Crippen molar-refractivity contribution in [3.05, 3.63) is 70.3 Å². The van der Waals surface area contributed by atoms with Crippen molar-refractivity contribution in [3.63, 3.8) is 0 Å². The van der Waals surface area contributed by atoms with E-state index in [1.807, 2.05) is 26.0 Å². The molecule has 0 bridgehead atoms. The molecule has 100 valence electrons. The SMILES string of the molecule is CNC(c1cc(C)cc(C)c1)c1ccc(F)cc1F. The second kappa shape index (κ2) is 5.49. The third kappa shape index (κ3) is 2.99. The van der Waals surface area contributed by atoms with E-state index in [0.717, 1.165) is 22.8 Å². The van der Waals surface area contributed by atoms with Gasteiger partial charge in [0.25, 0.3) is 0 Å². The summed E-state index contributed by atoms with van der Waals surface area (Å²) in [5.41, 5.74) is 3.68. The summed E-state index contributed by atoms with van der Waals surface area (Å²) in [7, 11) is 1.77. The van der Waals surface area contributed by atoms with E-state index in [1.54, 1.807) is 7.05 Å². The van der Waals surface area contributed by atoms with Gasteiger partial charge < -0.3 is 5.32 Å². The van der Waals surface area contributed by atoms with Crippen LogP contribution in [0.5, 0.6) is 0 Å². The molecule has 0 saturated carbocycles. The van der Waals surface area contributed by atoms with Crippen LogP contribution in [0.1, 0.15) is 28.3 Å². The van der Waals surface area contributed by atoms with Crippen LogP contribution in [-0.4, -0.2) is 7.05 Å². The maximum absolute atomic E-state index is 13.9. The van der Waals surface area contributed by atoms with E-state index < -0.39 is 11.6 Å². The van der Waals surface area contributed by atoms with Crippen molar-refractivity contribution in [2.75, 3.05) is 7.05 Å². The smallest absolute Gasteiger partial charge is 0.131 e. The van der Waals surface area contributed by atoms with Gasteiger partial charge in [0.1, 0.15) is 11.6 Å². The summed E-state index contributed by atoms with van der Waals surface area (Å²) in [6.07, 6.45) is 0. The van der Waals surface area contributed by atoms with Gasteiger partial charge in [0.05, 0.1) is 6.04 Å². The Morgan fingerprint density at radius 3 is 2.11 bits per heavy atom. The van der Waals surface area contributed by atoms with Gasteiger partial charge in [-0.2, -0.15) is 0 Å². The monoisotopic (exact) mass is 261 g/mol. The predicted molar refractivity (Wildman–Crippen MR) is 73.2 cm³/mol. The largest absolute Gasteiger partial charge is 0.309 e. The van der Waals surface area contributed by atoms with Crippen LogP contribution in [0.4, 0.5) is 8.78 Å². The molecule has 1 N–H and O–H groups in total. The fourth-order valence-electron chi connectivity index (χ4n) is 2.41. The zero-order valence-electron chi connectivity index (χ0n) is 11.3. The zero-order valence-corrected chi connectivity index (χ0v) is 11.3. The number of halogens is 2. The predicted octanol–water partition coefficient (Wildman–Crippen LogP) is 3.89. The highest BCUT2D eigenvalue weighted by Gasteiger charge is 2.17. The van der Waals surface area contributed by atoms with Gasteiger partial charge in [-0.1, -0.05) is 35.4 Å². The van der Waals surface area contributed by atoms with Crippen molar-refractivity contribution in [1.29, 1.82) is 0 Å². The number of hydrogen-bond donors (Lipinski definition) is 1. The minimum absolute atomic E-state index is 0.279. The summed E-state index contributed by atoms with van der Waals surface area (Å²) in [6, 6.07) is 9.50. The van der Waals surface area contributed by atoms with Gasteiger partial charge in [-0.3, -0.25) is 0 Å². The lowest BCUT2D eigenvalue weighted by Crippen LogP contribution is -2.19. The average Bonchev–Trinajstić information content (AvgIpc) is 2.31. The molecule has 2 aromatic rings. The molecule has 2 aromatic carbocycles. The topological polar surface area (TPSA) is 12.0 Å². The Hall–Kier alpha value is -1.74. The van der Waals surface area contributed by atoms with Crippen molar-refractivity contribution in [2.24, 2.45) is 0 Å². The highest BCUT2D eigenvalue weighted by Crippen LogP contribution is 2.26. The van der Waals surface area contributed by atoms with Gasteiger partial charge in [0.15, 0.2) is 0 Å². The fourth-order valence-corrected chi connectivity index (χ4v) is 2.41. The van der Waals surface area contributed by atoms with Crippen LogP contribution in [0, 0.1) is 25.5 Å². The maximum atomic E-state index is 13.9. The Morgan fingerprint density at radius 2 is 1.58 bits per heavy atom. The quantitative estimate of drug-likeness (QED) is 0.883. The van der Waals surface area contributed by atoms with Gasteiger partial charge in [-0.15, -0.1) is 0 Å². The molecule has 0 radical (unpaired) electrons. The van der Waals surface area contributed by atoms with Crippen LogP contribution in [0.15, 0.2) is 36.4 Å². The summed E-state index contributed by atoms with van der Waals surface area (Å²) >= 11 is 0. The Kier molecular flexibility index (Phi) is 3.96. The first-order chi connectivity index (χ1) is 9.01. The average molecular weight is 261 g/mol. The van der Waals surface area contributed by atoms with Gasteiger partial charge in [0, 0.05) is 11.6 Å². The van der Waals surface area contributed by atoms with Gasteiger partial charge in [-0.05, 0) is 32.5 Å². The highest BCUT2D eigenvalue weighted by molar-refractivity contribution is 5.37. The molecule has 1 nitrogen and oxygen atoms in total. The number of hydrogen-bond acceptors (Lipinski definition) is 1. The normalized spacial score (nSPS) is 12.5. The zero-order chi connectivity index (χ0) is 14.0. The lowest BCUT2D eigenvalue weighted by molar-refractivity contribution is 0.551. The van der Waals surface area contributed by atoms with Crippen molar-refractivity contribution in [1.82, 2.24) is 5.32 Å². The van der Waals surface area contributed by atoms with Crippen molar-refractivity contribution < 1.29 is 8.78 Å². The van der Waals surface area contributed by atoms with E-state index in [-0.39, 0.29) is 6.04 Å². The Labute approximate surface area is 112 Å². The summed E-state index contributed by atoms with van der Waals surface area (Å²) in [6.45, 7) is 4.01. The number of benzene rings is 2. The molecule has 3 heteroatoms. The Bertz CT molecular complexity index is 573. The van der Waals surface area contributed by atoms with Gasteiger partial charge >= 0.3 is 0 Å². The Balaban J connectivity index is 2.49. The maximum Gasteiger partial charge on any atom is 0.131 e. The first-order valence-corrected chi connectivity index (χ1v) is 6.21. The van der Waals surface area contributed by atoms with Crippen LogP contribution in [0.2, 0.25) is 0 Å². The fraction of sp³-hybridized carbons (Fsp3) is 0.250. The lowest BCUT2D eigenvalue weighted by atomic mass is 9.95.